The monoisotopic (exact) mass is 321 g/mol. The predicted molar refractivity (Wildman–Crippen MR) is 88.3 cm³/mol. The molecule has 0 unspecified atom stereocenters. The van der Waals surface area contributed by atoms with Crippen molar-refractivity contribution in [2.45, 2.75) is 51.9 Å². The molecule has 6 nitrogen and oxygen atoms in total. The van der Waals surface area contributed by atoms with Gasteiger partial charge in [-0.1, -0.05) is 12.1 Å². The molecule has 0 aromatic heterocycles. The van der Waals surface area contributed by atoms with Gasteiger partial charge in [-0.15, -0.1) is 0 Å². The topological polar surface area (TPSA) is 77.0 Å². The van der Waals surface area contributed by atoms with Crippen molar-refractivity contribution < 1.29 is 23.9 Å². The lowest BCUT2D eigenvalue weighted by Crippen LogP contribution is -2.41. The lowest BCUT2D eigenvalue weighted by molar-refractivity contribution is 0.00578. The summed E-state index contributed by atoms with van der Waals surface area (Å²) in [5, 5.41) is 11.0. The highest BCUT2D eigenvalue weighted by Crippen LogP contribution is 2.36. The van der Waals surface area contributed by atoms with E-state index in [4.69, 9.17) is 19.2 Å². The van der Waals surface area contributed by atoms with Crippen LogP contribution in [0, 0.1) is 0 Å². The van der Waals surface area contributed by atoms with Crippen LogP contribution < -0.4 is 15.5 Å². The third-order valence-electron chi connectivity index (χ3n) is 4.25. The Balaban J connectivity index is 2.02. The zero-order valence-corrected chi connectivity index (χ0v) is 14.3. The van der Waals surface area contributed by atoms with Crippen LogP contribution in [0.15, 0.2) is 24.3 Å². The van der Waals surface area contributed by atoms with Gasteiger partial charge in [0.25, 0.3) is 0 Å². The lowest BCUT2D eigenvalue weighted by atomic mass is 9.79. The summed E-state index contributed by atoms with van der Waals surface area (Å²) in [4.78, 5) is 10.6. The number of hydrogen-bond acceptors (Lipinski definition) is 4. The van der Waals surface area contributed by atoms with Gasteiger partial charge in [0.1, 0.15) is 12.4 Å². The molecule has 7 heteroatoms. The van der Waals surface area contributed by atoms with Gasteiger partial charge in [-0.05, 0) is 52.2 Å². The highest BCUT2D eigenvalue weighted by atomic mass is 16.7. The van der Waals surface area contributed by atoms with Crippen LogP contribution in [-0.4, -0.2) is 42.2 Å². The molecule has 1 fully saturated rings. The van der Waals surface area contributed by atoms with Crippen molar-refractivity contribution in [2.75, 3.05) is 6.61 Å². The van der Waals surface area contributed by atoms with Gasteiger partial charge in [-0.25, -0.2) is 4.79 Å². The molecule has 0 spiro atoms. The molecule has 0 radical (unpaired) electrons. The van der Waals surface area contributed by atoms with E-state index in [0.29, 0.717) is 5.75 Å². The van der Waals surface area contributed by atoms with Crippen molar-refractivity contribution in [3.8, 4) is 5.75 Å². The van der Waals surface area contributed by atoms with Crippen LogP contribution in [0.3, 0.4) is 0 Å². The van der Waals surface area contributed by atoms with Gasteiger partial charge in [0.15, 0.2) is 0 Å². The van der Waals surface area contributed by atoms with Gasteiger partial charge in [0.05, 0.1) is 17.2 Å². The fraction of sp³-hybridized carbons (Fsp3) is 0.562. The molecule has 23 heavy (non-hydrogen) atoms. The first-order valence-electron chi connectivity index (χ1n) is 7.68. The van der Waals surface area contributed by atoms with Gasteiger partial charge in [0, 0.05) is 0 Å². The minimum atomic E-state index is -1.06. The number of rotatable bonds is 5. The number of ether oxygens (including phenoxy) is 1. The SMILES string of the molecule is C[C@@H](COc1cccc(B2OC(C)(C)C(C)(C)O2)c1)NC(=O)O. The first kappa shape index (κ1) is 17.6. The van der Waals surface area contributed by atoms with Gasteiger partial charge in [0.2, 0.25) is 0 Å². The Hall–Kier alpha value is -1.73. The second kappa shape index (κ2) is 6.41. The Labute approximate surface area is 137 Å². The normalized spacial score (nSPS) is 20.1. The van der Waals surface area contributed by atoms with Crippen molar-refractivity contribution >= 4 is 18.7 Å². The minimum Gasteiger partial charge on any atom is -0.491 e. The van der Waals surface area contributed by atoms with Crippen molar-refractivity contribution in [1.82, 2.24) is 5.32 Å². The van der Waals surface area contributed by atoms with Crippen molar-refractivity contribution in [2.24, 2.45) is 0 Å². The smallest absolute Gasteiger partial charge is 0.491 e. The maximum absolute atomic E-state index is 10.6. The van der Waals surface area contributed by atoms with Crippen molar-refractivity contribution in [3.05, 3.63) is 24.3 Å². The molecule has 1 heterocycles. The van der Waals surface area contributed by atoms with Crippen LogP contribution in [0.5, 0.6) is 5.75 Å². The molecule has 0 saturated carbocycles. The first-order chi connectivity index (χ1) is 10.6. The molecule has 1 aliphatic rings. The van der Waals surface area contributed by atoms with Crippen LogP contribution in [-0.2, 0) is 9.31 Å². The molecular weight excluding hydrogens is 297 g/mol. The lowest BCUT2D eigenvalue weighted by Gasteiger charge is -2.32. The molecule has 1 saturated heterocycles. The maximum Gasteiger partial charge on any atom is 0.494 e. The standard InChI is InChI=1S/C16H24BNO5/c1-11(18-14(19)20)10-21-13-8-6-7-12(9-13)17-22-15(2,3)16(4,5)23-17/h6-9,11,18H,10H2,1-5H3,(H,19,20)/t11-/m0/s1. The molecule has 1 amide bonds. The number of carbonyl (C=O) groups is 1. The van der Waals surface area contributed by atoms with E-state index in [1.165, 1.54) is 0 Å². The van der Waals surface area contributed by atoms with Crippen molar-refractivity contribution in [3.63, 3.8) is 0 Å². The molecule has 0 aliphatic carbocycles. The number of benzene rings is 1. The molecule has 1 aliphatic heterocycles. The van der Waals surface area contributed by atoms with Crippen LogP contribution in [0.2, 0.25) is 0 Å². The number of hydrogen-bond donors (Lipinski definition) is 2. The van der Waals surface area contributed by atoms with Gasteiger partial charge >= 0.3 is 13.2 Å². The van der Waals surface area contributed by atoms with Gasteiger partial charge < -0.3 is 24.5 Å². The zero-order valence-electron chi connectivity index (χ0n) is 14.3. The summed E-state index contributed by atoms with van der Waals surface area (Å²) in [6.07, 6.45) is -1.06. The van der Waals surface area contributed by atoms with E-state index in [0.717, 1.165) is 5.46 Å². The molecule has 1 atom stereocenters. The first-order valence-corrected chi connectivity index (χ1v) is 7.68. The van der Waals surface area contributed by atoms with E-state index in [9.17, 15) is 4.79 Å². The summed E-state index contributed by atoms with van der Waals surface area (Å²) in [5.41, 5.74) is 0.0862. The van der Waals surface area contributed by atoms with Crippen LogP contribution in [0.1, 0.15) is 34.6 Å². The highest BCUT2D eigenvalue weighted by Gasteiger charge is 2.51. The Morgan fingerprint density at radius 2 is 1.91 bits per heavy atom. The number of nitrogens with one attached hydrogen (secondary N) is 1. The molecule has 1 aromatic rings. The average Bonchev–Trinajstić information content (AvgIpc) is 2.65. The zero-order chi connectivity index (χ0) is 17.3. The fourth-order valence-electron chi connectivity index (χ4n) is 2.20. The molecule has 126 valence electrons. The van der Waals surface area contributed by atoms with E-state index in [2.05, 4.69) is 5.32 Å². The van der Waals surface area contributed by atoms with E-state index in [1.54, 1.807) is 6.92 Å². The summed E-state index contributed by atoms with van der Waals surface area (Å²) < 4.78 is 17.7. The highest BCUT2D eigenvalue weighted by molar-refractivity contribution is 6.62. The van der Waals surface area contributed by atoms with E-state index < -0.39 is 24.4 Å². The number of amides is 1. The van der Waals surface area contributed by atoms with Gasteiger partial charge in [-0.3, -0.25) is 0 Å². The predicted octanol–water partition coefficient (Wildman–Crippen LogP) is 2.02. The van der Waals surface area contributed by atoms with E-state index in [-0.39, 0.29) is 12.6 Å². The summed E-state index contributed by atoms with van der Waals surface area (Å²) in [6.45, 7) is 10.0. The minimum absolute atomic E-state index is 0.249. The Kier molecular flexibility index (Phi) is 4.91. The average molecular weight is 321 g/mol. The third kappa shape index (κ3) is 4.17. The summed E-state index contributed by atoms with van der Waals surface area (Å²) in [7, 11) is -0.446. The van der Waals surface area contributed by atoms with Crippen LogP contribution >= 0.6 is 0 Å². The summed E-state index contributed by atoms with van der Waals surface area (Å²) in [6, 6.07) is 7.17. The second-order valence-corrected chi connectivity index (χ2v) is 6.82. The van der Waals surface area contributed by atoms with Crippen LogP contribution in [0.25, 0.3) is 0 Å². The second-order valence-electron chi connectivity index (χ2n) is 6.82. The molecular formula is C16H24BNO5. The van der Waals surface area contributed by atoms with E-state index >= 15 is 0 Å². The molecule has 0 bridgehead atoms. The molecule has 2 rings (SSSR count). The Morgan fingerprint density at radius 1 is 1.30 bits per heavy atom. The molecule has 1 aromatic carbocycles. The summed E-state index contributed by atoms with van der Waals surface area (Å²) >= 11 is 0. The van der Waals surface area contributed by atoms with Gasteiger partial charge in [-0.2, -0.15) is 0 Å². The Bertz CT molecular complexity index is 559. The maximum atomic E-state index is 10.6. The molecule has 2 N–H and O–H groups in total. The van der Waals surface area contributed by atoms with Crippen LogP contribution in [0.4, 0.5) is 4.79 Å². The van der Waals surface area contributed by atoms with E-state index in [1.807, 2.05) is 52.0 Å². The Morgan fingerprint density at radius 3 is 2.48 bits per heavy atom. The van der Waals surface area contributed by atoms with Crippen molar-refractivity contribution in [1.29, 1.82) is 0 Å². The summed E-state index contributed by atoms with van der Waals surface area (Å²) in [5.74, 6) is 0.649. The largest absolute Gasteiger partial charge is 0.494 e. The fourth-order valence-corrected chi connectivity index (χ4v) is 2.20. The number of carboxylic acid groups (broad SMARTS) is 1. The quantitative estimate of drug-likeness (QED) is 0.812. The third-order valence-corrected chi connectivity index (χ3v) is 4.25.